The number of hydrogen-bond donors (Lipinski definition) is 2. The van der Waals surface area contributed by atoms with Gasteiger partial charge in [-0.3, -0.25) is 4.79 Å². The van der Waals surface area contributed by atoms with Crippen molar-refractivity contribution >= 4 is 16.8 Å². The Morgan fingerprint density at radius 3 is 2.63 bits per heavy atom. The molecule has 0 radical (unpaired) electrons. The van der Waals surface area contributed by atoms with E-state index in [-0.39, 0.29) is 11.5 Å². The van der Waals surface area contributed by atoms with Crippen molar-refractivity contribution in [1.82, 2.24) is 19.9 Å². The van der Waals surface area contributed by atoms with Gasteiger partial charge in [-0.25, -0.2) is 13.8 Å². The van der Waals surface area contributed by atoms with Crippen molar-refractivity contribution in [3.8, 4) is 0 Å². The molecule has 2 aromatic carbocycles. The number of nitrogens with one attached hydrogen (secondary N) is 2. The van der Waals surface area contributed by atoms with Crippen molar-refractivity contribution in [2.24, 2.45) is 7.05 Å². The molecule has 0 bridgehead atoms. The molecule has 0 aliphatic carbocycles. The molecule has 0 spiro atoms. The van der Waals surface area contributed by atoms with Crippen LogP contribution in [0.25, 0.3) is 10.9 Å². The van der Waals surface area contributed by atoms with Crippen LogP contribution >= 0.6 is 0 Å². The first kappa shape index (κ1) is 17.0. The van der Waals surface area contributed by atoms with Crippen LogP contribution in [0.15, 0.2) is 60.9 Å². The van der Waals surface area contributed by atoms with E-state index in [1.807, 2.05) is 7.05 Å². The van der Waals surface area contributed by atoms with E-state index in [1.54, 1.807) is 41.2 Å². The molecule has 4 aromatic rings. The van der Waals surface area contributed by atoms with Gasteiger partial charge in [0.25, 0.3) is 5.91 Å². The summed E-state index contributed by atoms with van der Waals surface area (Å²) in [6.07, 6.45) is 3.38. The molecule has 27 heavy (non-hydrogen) atoms. The minimum absolute atomic E-state index is 0.233. The maximum Gasteiger partial charge on any atom is 0.268 e. The first-order valence-electron chi connectivity index (χ1n) is 8.34. The smallest absolute Gasteiger partial charge is 0.268 e. The van der Waals surface area contributed by atoms with Crippen LogP contribution in [0.2, 0.25) is 0 Å². The summed E-state index contributed by atoms with van der Waals surface area (Å²) in [4.78, 5) is 20.0. The fourth-order valence-electron chi connectivity index (χ4n) is 3.06. The quantitative estimate of drug-likeness (QED) is 0.579. The summed E-state index contributed by atoms with van der Waals surface area (Å²) in [5.41, 5.74) is 1.45. The van der Waals surface area contributed by atoms with Gasteiger partial charge < -0.3 is 14.9 Å². The first-order chi connectivity index (χ1) is 13.0. The fourth-order valence-corrected chi connectivity index (χ4v) is 3.06. The SMILES string of the molecule is Cn1ccnc1C(NC(=O)c1cc2c(F)cccc2[nH]1)c1ccc(F)cc1. The summed E-state index contributed by atoms with van der Waals surface area (Å²) in [6, 6.07) is 11.4. The number of benzene rings is 2. The van der Waals surface area contributed by atoms with E-state index in [2.05, 4.69) is 15.3 Å². The second-order valence-electron chi connectivity index (χ2n) is 6.24. The van der Waals surface area contributed by atoms with Gasteiger partial charge in [0.2, 0.25) is 0 Å². The van der Waals surface area contributed by atoms with E-state index in [4.69, 9.17) is 0 Å². The lowest BCUT2D eigenvalue weighted by molar-refractivity contribution is 0.0937. The molecule has 2 heterocycles. The molecule has 1 atom stereocenters. The average Bonchev–Trinajstić information content (AvgIpc) is 3.28. The molecule has 2 aromatic heterocycles. The summed E-state index contributed by atoms with van der Waals surface area (Å²) < 4.78 is 29.0. The molecule has 0 saturated heterocycles. The number of amides is 1. The van der Waals surface area contributed by atoms with Crippen molar-refractivity contribution in [2.45, 2.75) is 6.04 Å². The molecule has 2 N–H and O–H groups in total. The monoisotopic (exact) mass is 366 g/mol. The van der Waals surface area contributed by atoms with E-state index in [9.17, 15) is 13.6 Å². The maximum atomic E-state index is 13.9. The lowest BCUT2D eigenvalue weighted by atomic mass is 10.1. The van der Waals surface area contributed by atoms with Gasteiger partial charge in [0.05, 0.1) is 0 Å². The number of aromatic amines is 1. The molecule has 1 unspecified atom stereocenters. The van der Waals surface area contributed by atoms with Crippen LogP contribution in [0.4, 0.5) is 8.78 Å². The summed E-state index contributed by atoms with van der Waals surface area (Å²) in [6.45, 7) is 0. The molecule has 7 heteroatoms. The molecular formula is C20H16F2N4O. The lowest BCUT2D eigenvalue weighted by Crippen LogP contribution is -2.31. The Morgan fingerprint density at radius 1 is 1.19 bits per heavy atom. The van der Waals surface area contributed by atoms with E-state index in [0.717, 1.165) is 0 Å². The number of carbonyl (C=O) groups excluding carboxylic acids is 1. The van der Waals surface area contributed by atoms with Crippen molar-refractivity contribution in [3.63, 3.8) is 0 Å². The Hall–Kier alpha value is -3.48. The maximum absolute atomic E-state index is 13.9. The zero-order valence-corrected chi connectivity index (χ0v) is 14.4. The molecule has 0 aliphatic rings. The van der Waals surface area contributed by atoms with E-state index in [0.29, 0.717) is 22.3 Å². The van der Waals surface area contributed by atoms with Crippen molar-refractivity contribution < 1.29 is 13.6 Å². The fraction of sp³-hybridized carbons (Fsp3) is 0.100. The van der Waals surface area contributed by atoms with Crippen LogP contribution in [0, 0.1) is 11.6 Å². The summed E-state index contributed by atoms with van der Waals surface area (Å²) in [5.74, 6) is -0.586. The first-order valence-corrected chi connectivity index (χ1v) is 8.34. The van der Waals surface area contributed by atoms with Crippen molar-refractivity contribution in [3.05, 3.63) is 89.6 Å². The Morgan fingerprint density at radius 2 is 1.96 bits per heavy atom. The minimum Gasteiger partial charge on any atom is -0.350 e. The van der Waals surface area contributed by atoms with Gasteiger partial charge in [0.15, 0.2) is 0 Å². The van der Waals surface area contributed by atoms with Crippen molar-refractivity contribution in [1.29, 1.82) is 0 Å². The van der Waals surface area contributed by atoms with Gasteiger partial charge in [0, 0.05) is 30.3 Å². The zero-order chi connectivity index (χ0) is 19.0. The largest absolute Gasteiger partial charge is 0.350 e. The van der Waals surface area contributed by atoms with Crippen LogP contribution in [0.3, 0.4) is 0 Å². The van der Waals surface area contributed by atoms with E-state index < -0.39 is 17.8 Å². The van der Waals surface area contributed by atoms with Crippen LogP contribution in [-0.4, -0.2) is 20.4 Å². The van der Waals surface area contributed by atoms with Gasteiger partial charge >= 0.3 is 0 Å². The highest BCUT2D eigenvalue weighted by atomic mass is 19.1. The van der Waals surface area contributed by atoms with Gasteiger partial charge in [-0.05, 0) is 35.9 Å². The molecule has 5 nitrogen and oxygen atoms in total. The third kappa shape index (κ3) is 3.19. The molecule has 0 saturated carbocycles. The predicted molar refractivity (Wildman–Crippen MR) is 97.2 cm³/mol. The van der Waals surface area contributed by atoms with Gasteiger partial charge in [-0.1, -0.05) is 18.2 Å². The van der Waals surface area contributed by atoms with E-state index >= 15 is 0 Å². The highest BCUT2D eigenvalue weighted by molar-refractivity contribution is 5.98. The molecular weight excluding hydrogens is 350 g/mol. The predicted octanol–water partition coefficient (Wildman–Crippen LogP) is 3.70. The third-order valence-electron chi connectivity index (χ3n) is 4.45. The normalized spacial score (nSPS) is 12.3. The molecule has 1 amide bonds. The number of carbonyl (C=O) groups is 1. The number of nitrogens with zero attached hydrogens (tertiary/aromatic N) is 2. The molecule has 0 fully saturated rings. The number of H-pyrrole nitrogens is 1. The number of imidazole rings is 1. The lowest BCUT2D eigenvalue weighted by Gasteiger charge is -2.19. The zero-order valence-electron chi connectivity index (χ0n) is 14.4. The number of halogens is 2. The van der Waals surface area contributed by atoms with Gasteiger partial charge in [0.1, 0.15) is 29.2 Å². The molecule has 0 aliphatic heterocycles. The molecule has 136 valence electrons. The average molecular weight is 366 g/mol. The second-order valence-corrected chi connectivity index (χ2v) is 6.24. The van der Waals surface area contributed by atoms with E-state index in [1.165, 1.54) is 24.3 Å². The second kappa shape index (κ2) is 6.68. The number of aryl methyl sites for hydroxylation is 1. The van der Waals surface area contributed by atoms with Gasteiger partial charge in [-0.15, -0.1) is 0 Å². The summed E-state index contributed by atoms with van der Waals surface area (Å²) in [5, 5.41) is 3.24. The Labute approximate surface area is 153 Å². The highest BCUT2D eigenvalue weighted by Crippen LogP contribution is 2.23. The summed E-state index contributed by atoms with van der Waals surface area (Å²) >= 11 is 0. The highest BCUT2D eigenvalue weighted by Gasteiger charge is 2.22. The van der Waals surface area contributed by atoms with Crippen molar-refractivity contribution in [2.75, 3.05) is 0 Å². The van der Waals surface area contributed by atoms with Crippen LogP contribution in [0.1, 0.15) is 27.9 Å². The minimum atomic E-state index is -0.589. The third-order valence-corrected chi connectivity index (χ3v) is 4.45. The number of hydrogen-bond acceptors (Lipinski definition) is 2. The Bertz CT molecular complexity index is 1110. The Kier molecular flexibility index (Phi) is 4.19. The molecule has 4 rings (SSSR count). The standard InChI is InChI=1S/C20H16F2N4O/c1-26-10-9-23-19(26)18(12-5-7-13(21)8-6-12)25-20(27)17-11-14-15(22)3-2-4-16(14)24-17/h2-11,18,24H,1H3,(H,25,27). The Balaban J connectivity index is 1.70. The topological polar surface area (TPSA) is 62.7 Å². The number of aromatic nitrogens is 3. The summed E-state index contributed by atoms with van der Waals surface area (Å²) in [7, 11) is 1.81. The number of fused-ring (bicyclic) bond motifs is 1. The van der Waals surface area contributed by atoms with Crippen LogP contribution < -0.4 is 5.32 Å². The number of rotatable bonds is 4. The van der Waals surface area contributed by atoms with Crippen LogP contribution in [0.5, 0.6) is 0 Å². The van der Waals surface area contributed by atoms with Crippen LogP contribution in [-0.2, 0) is 7.05 Å². The van der Waals surface area contributed by atoms with Gasteiger partial charge in [-0.2, -0.15) is 0 Å².